The van der Waals surface area contributed by atoms with Gasteiger partial charge in [0.1, 0.15) is 12.4 Å². The lowest BCUT2D eigenvalue weighted by Gasteiger charge is -2.19. The van der Waals surface area contributed by atoms with Gasteiger partial charge in [-0.2, -0.15) is 0 Å². The standard InChI is InChI=1S/C16H26N2O2.ClH/c1-16(2,3)13-6-5-7-14(12-13)20-11-10-18-15(19)8-9-17-4;/h5-7,12,17H,8-11H2,1-4H3,(H,18,19);1H. The van der Waals surface area contributed by atoms with E-state index in [1.807, 2.05) is 19.2 Å². The van der Waals surface area contributed by atoms with Gasteiger partial charge in [-0.05, 0) is 30.2 Å². The maximum absolute atomic E-state index is 11.4. The fraction of sp³-hybridized carbons (Fsp3) is 0.562. The number of halogens is 1. The van der Waals surface area contributed by atoms with Crippen LogP contribution in [-0.2, 0) is 10.2 Å². The number of carbonyl (C=O) groups is 1. The zero-order valence-electron chi connectivity index (χ0n) is 13.4. The van der Waals surface area contributed by atoms with Gasteiger partial charge >= 0.3 is 0 Å². The Bertz CT molecular complexity index is 431. The first-order chi connectivity index (χ1) is 9.43. The number of rotatable bonds is 7. The molecular formula is C16H27ClN2O2. The van der Waals surface area contributed by atoms with Gasteiger partial charge in [0.2, 0.25) is 5.91 Å². The predicted octanol–water partition coefficient (Wildman–Crippen LogP) is 2.51. The van der Waals surface area contributed by atoms with Gasteiger partial charge in [-0.1, -0.05) is 32.9 Å². The predicted molar refractivity (Wildman–Crippen MR) is 89.4 cm³/mol. The lowest BCUT2D eigenvalue weighted by Crippen LogP contribution is -2.30. The van der Waals surface area contributed by atoms with E-state index in [4.69, 9.17) is 4.74 Å². The van der Waals surface area contributed by atoms with E-state index in [0.717, 1.165) is 5.75 Å². The van der Waals surface area contributed by atoms with E-state index in [1.54, 1.807) is 0 Å². The van der Waals surface area contributed by atoms with Crippen LogP contribution in [-0.4, -0.2) is 32.7 Å². The Balaban J connectivity index is 0.00000400. The van der Waals surface area contributed by atoms with Crippen LogP contribution in [0.25, 0.3) is 0 Å². The van der Waals surface area contributed by atoms with E-state index in [1.165, 1.54) is 5.56 Å². The maximum atomic E-state index is 11.4. The van der Waals surface area contributed by atoms with E-state index in [9.17, 15) is 4.79 Å². The molecule has 0 aliphatic rings. The minimum atomic E-state index is 0. The van der Waals surface area contributed by atoms with E-state index >= 15 is 0 Å². The van der Waals surface area contributed by atoms with Crippen molar-refractivity contribution in [3.8, 4) is 5.75 Å². The lowest BCUT2D eigenvalue weighted by molar-refractivity contribution is -0.121. The van der Waals surface area contributed by atoms with Crippen molar-refractivity contribution in [2.75, 3.05) is 26.7 Å². The van der Waals surface area contributed by atoms with Gasteiger partial charge in [-0.25, -0.2) is 0 Å². The highest BCUT2D eigenvalue weighted by Crippen LogP contribution is 2.25. The monoisotopic (exact) mass is 314 g/mol. The van der Waals surface area contributed by atoms with Crippen LogP contribution in [0.3, 0.4) is 0 Å². The summed E-state index contributed by atoms with van der Waals surface area (Å²) >= 11 is 0. The van der Waals surface area contributed by atoms with Crippen molar-refractivity contribution in [1.29, 1.82) is 0 Å². The fourth-order valence-corrected chi connectivity index (χ4v) is 1.74. The highest BCUT2D eigenvalue weighted by Gasteiger charge is 2.13. The Morgan fingerprint density at radius 3 is 2.57 bits per heavy atom. The van der Waals surface area contributed by atoms with E-state index in [0.29, 0.717) is 26.1 Å². The second-order valence-corrected chi connectivity index (χ2v) is 5.83. The van der Waals surface area contributed by atoms with E-state index in [2.05, 4.69) is 43.5 Å². The van der Waals surface area contributed by atoms with Crippen molar-refractivity contribution in [3.63, 3.8) is 0 Å². The smallest absolute Gasteiger partial charge is 0.221 e. The molecule has 5 heteroatoms. The molecule has 1 rings (SSSR count). The number of hydrogen-bond donors (Lipinski definition) is 2. The third kappa shape index (κ3) is 7.93. The summed E-state index contributed by atoms with van der Waals surface area (Å²) in [6.45, 7) is 8.23. The van der Waals surface area contributed by atoms with Gasteiger partial charge in [0, 0.05) is 13.0 Å². The van der Waals surface area contributed by atoms with Crippen molar-refractivity contribution >= 4 is 18.3 Å². The summed E-state index contributed by atoms with van der Waals surface area (Å²) in [6.07, 6.45) is 0.496. The molecule has 0 saturated carbocycles. The third-order valence-electron chi connectivity index (χ3n) is 3.00. The summed E-state index contributed by atoms with van der Waals surface area (Å²) in [5.74, 6) is 0.897. The highest BCUT2D eigenvalue weighted by molar-refractivity contribution is 5.85. The van der Waals surface area contributed by atoms with Crippen molar-refractivity contribution in [2.45, 2.75) is 32.6 Å². The molecular weight excluding hydrogens is 288 g/mol. The number of ether oxygens (including phenoxy) is 1. The molecule has 0 spiro atoms. The number of nitrogens with one attached hydrogen (secondary N) is 2. The van der Waals surface area contributed by atoms with Crippen LogP contribution in [0.2, 0.25) is 0 Å². The Morgan fingerprint density at radius 2 is 1.95 bits per heavy atom. The van der Waals surface area contributed by atoms with Gasteiger partial charge in [-0.15, -0.1) is 12.4 Å². The normalized spacial score (nSPS) is 10.7. The molecule has 1 aromatic rings. The summed E-state index contributed by atoms with van der Waals surface area (Å²) in [5.41, 5.74) is 1.36. The molecule has 21 heavy (non-hydrogen) atoms. The summed E-state index contributed by atoms with van der Waals surface area (Å²) < 4.78 is 5.67. The lowest BCUT2D eigenvalue weighted by atomic mass is 9.87. The third-order valence-corrected chi connectivity index (χ3v) is 3.00. The Morgan fingerprint density at radius 1 is 1.24 bits per heavy atom. The largest absolute Gasteiger partial charge is 0.492 e. The zero-order valence-corrected chi connectivity index (χ0v) is 14.2. The molecule has 1 aromatic carbocycles. The molecule has 0 unspecified atom stereocenters. The Kier molecular flexibility index (Phi) is 9.06. The summed E-state index contributed by atoms with van der Waals surface area (Å²) in [6, 6.07) is 8.11. The van der Waals surface area contributed by atoms with Gasteiger partial charge in [0.05, 0.1) is 6.54 Å². The SMILES string of the molecule is CNCCC(=O)NCCOc1cccc(C(C)(C)C)c1.Cl. The van der Waals surface area contributed by atoms with Crippen molar-refractivity contribution in [2.24, 2.45) is 0 Å². The summed E-state index contributed by atoms with van der Waals surface area (Å²) in [7, 11) is 1.83. The maximum Gasteiger partial charge on any atom is 0.221 e. The van der Waals surface area contributed by atoms with Crippen molar-refractivity contribution in [1.82, 2.24) is 10.6 Å². The summed E-state index contributed by atoms with van der Waals surface area (Å²) in [5, 5.41) is 5.77. The van der Waals surface area contributed by atoms with Crippen LogP contribution in [0.1, 0.15) is 32.8 Å². The molecule has 120 valence electrons. The number of amides is 1. The minimum absolute atomic E-state index is 0. The van der Waals surface area contributed by atoms with Gasteiger partial charge < -0.3 is 15.4 Å². The molecule has 0 aromatic heterocycles. The average Bonchev–Trinajstić information content (AvgIpc) is 2.41. The van der Waals surface area contributed by atoms with Crippen LogP contribution < -0.4 is 15.4 Å². The minimum Gasteiger partial charge on any atom is -0.492 e. The molecule has 0 saturated heterocycles. The molecule has 0 aliphatic heterocycles. The second-order valence-electron chi connectivity index (χ2n) is 5.83. The molecule has 0 heterocycles. The van der Waals surface area contributed by atoms with Crippen LogP contribution >= 0.6 is 12.4 Å². The second kappa shape index (κ2) is 9.64. The molecule has 2 N–H and O–H groups in total. The van der Waals surface area contributed by atoms with Crippen LogP contribution in [0, 0.1) is 0 Å². The van der Waals surface area contributed by atoms with Crippen LogP contribution in [0.5, 0.6) is 5.75 Å². The van der Waals surface area contributed by atoms with E-state index in [-0.39, 0.29) is 23.7 Å². The number of hydrogen-bond acceptors (Lipinski definition) is 3. The van der Waals surface area contributed by atoms with Crippen LogP contribution in [0.4, 0.5) is 0 Å². The summed E-state index contributed by atoms with van der Waals surface area (Å²) in [4.78, 5) is 11.4. The Labute approximate surface area is 134 Å². The fourth-order valence-electron chi connectivity index (χ4n) is 1.74. The Hall–Kier alpha value is -1.26. The molecule has 4 nitrogen and oxygen atoms in total. The molecule has 0 atom stereocenters. The van der Waals surface area contributed by atoms with Crippen LogP contribution in [0.15, 0.2) is 24.3 Å². The number of benzene rings is 1. The molecule has 0 bridgehead atoms. The quantitative estimate of drug-likeness (QED) is 0.760. The zero-order chi connectivity index (χ0) is 15.0. The van der Waals surface area contributed by atoms with Gasteiger partial charge in [0.25, 0.3) is 0 Å². The topological polar surface area (TPSA) is 50.4 Å². The average molecular weight is 315 g/mol. The molecule has 0 aliphatic carbocycles. The molecule has 1 amide bonds. The highest BCUT2D eigenvalue weighted by atomic mass is 35.5. The van der Waals surface area contributed by atoms with Crippen molar-refractivity contribution < 1.29 is 9.53 Å². The molecule has 0 fully saturated rings. The first-order valence-corrected chi connectivity index (χ1v) is 7.08. The van der Waals surface area contributed by atoms with E-state index < -0.39 is 0 Å². The first-order valence-electron chi connectivity index (χ1n) is 7.08. The molecule has 0 radical (unpaired) electrons. The number of carbonyl (C=O) groups excluding carboxylic acids is 1. The van der Waals surface area contributed by atoms with Gasteiger partial charge in [-0.3, -0.25) is 4.79 Å². The first kappa shape index (κ1) is 19.7. The van der Waals surface area contributed by atoms with Crippen molar-refractivity contribution in [3.05, 3.63) is 29.8 Å². The van der Waals surface area contributed by atoms with Gasteiger partial charge in [0.15, 0.2) is 0 Å².